The first-order chi connectivity index (χ1) is 19.0. The van der Waals surface area contributed by atoms with Crippen molar-refractivity contribution < 1.29 is 18.6 Å². The lowest BCUT2D eigenvalue weighted by Gasteiger charge is -2.30. The number of nitrogens with one attached hydrogen (secondary N) is 2. The molecule has 0 amide bonds. The molecule has 3 unspecified atom stereocenters. The van der Waals surface area contributed by atoms with Gasteiger partial charge in [0.25, 0.3) is 6.41 Å². The number of rotatable bonds is 7. The second-order valence-electron chi connectivity index (χ2n) is 10.7. The fourth-order valence-electron chi connectivity index (χ4n) is 5.54. The Morgan fingerprint density at radius 1 is 1.35 bits per heavy atom. The standard InChI is InChI=1S/C27H33ClF2N8O2/c1-14-5-7-15(8-6-14)13-38-20-19(16-10-17(28)12-33-11-16)35-24(22(31)40-26(32)39)36-23(20)37-25(38)27(2,30)21-18(29)4-3-9-34-21/h4,10-12,14-15,24,26,31,36,39H,3,5-9,13,32H2,1-2H3. The summed E-state index contributed by atoms with van der Waals surface area (Å²) in [5, 5.41) is 21.1. The van der Waals surface area contributed by atoms with Crippen LogP contribution in [-0.4, -0.2) is 56.1 Å². The lowest BCUT2D eigenvalue weighted by molar-refractivity contribution is -0.0246. The molecule has 3 atom stereocenters. The van der Waals surface area contributed by atoms with E-state index in [9.17, 15) is 9.50 Å². The summed E-state index contributed by atoms with van der Waals surface area (Å²) in [5.74, 6) is -0.125. The van der Waals surface area contributed by atoms with Crippen LogP contribution < -0.4 is 11.1 Å². The minimum atomic E-state index is -2.37. The van der Waals surface area contributed by atoms with E-state index in [2.05, 4.69) is 32.2 Å². The largest absolute Gasteiger partial charge is 0.435 e. The number of anilines is 1. The second-order valence-corrected chi connectivity index (χ2v) is 11.2. The van der Waals surface area contributed by atoms with Crippen LogP contribution >= 0.6 is 11.6 Å². The number of aliphatic hydroxyl groups is 1. The van der Waals surface area contributed by atoms with E-state index in [0.29, 0.717) is 40.9 Å². The minimum absolute atomic E-state index is 0.0255. The Bertz CT molecular complexity index is 1380. The summed E-state index contributed by atoms with van der Waals surface area (Å²) >= 11 is 6.27. The third-order valence-electron chi connectivity index (χ3n) is 7.59. The molecule has 40 heavy (non-hydrogen) atoms. The van der Waals surface area contributed by atoms with Crippen molar-refractivity contribution in [3.8, 4) is 0 Å². The Labute approximate surface area is 235 Å². The van der Waals surface area contributed by atoms with Crippen molar-refractivity contribution in [2.45, 2.75) is 70.7 Å². The Hall–Kier alpha value is -3.22. The molecular weight excluding hydrogens is 542 g/mol. The van der Waals surface area contributed by atoms with Gasteiger partial charge in [0.1, 0.15) is 17.2 Å². The number of fused-ring (bicyclic) bond motifs is 1. The molecule has 4 heterocycles. The fourth-order valence-corrected chi connectivity index (χ4v) is 5.72. The van der Waals surface area contributed by atoms with Gasteiger partial charge in [-0.25, -0.2) is 18.8 Å². The van der Waals surface area contributed by atoms with Crippen molar-refractivity contribution in [1.29, 1.82) is 5.41 Å². The molecule has 5 rings (SSSR count). The molecule has 0 radical (unpaired) electrons. The highest BCUT2D eigenvalue weighted by atomic mass is 35.5. The van der Waals surface area contributed by atoms with Gasteiger partial charge < -0.3 is 19.7 Å². The summed E-state index contributed by atoms with van der Waals surface area (Å²) in [6.07, 6.45) is 5.92. The number of alkyl halides is 1. The Kier molecular flexibility index (Phi) is 8.03. The normalized spacial score (nSPS) is 25.0. The van der Waals surface area contributed by atoms with Gasteiger partial charge in [-0.05, 0) is 50.2 Å². The number of halogens is 3. The second kappa shape index (κ2) is 11.3. The van der Waals surface area contributed by atoms with Gasteiger partial charge in [-0.2, -0.15) is 0 Å². The topological polar surface area (TPSA) is 147 Å². The van der Waals surface area contributed by atoms with Crippen LogP contribution in [0.3, 0.4) is 0 Å². The summed E-state index contributed by atoms with van der Waals surface area (Å²) in [5.41, 5.74) is 3.95. The Morgan fingerprint density at radius 3 is 2.77 bits per heavy atom. The van der Waals surface area contributed by atoms with E-state index in [1.54, 1.807) is 16.8 Å². The predicted octanol–water partition coefficient (Wildman–Crippen LogP) is 4.46. The van der Waals surface area contributed by atoms with E-state index in [1.807, 2.05) is 0 Å². The van der Waals surface area contributed by atoms with Gasteiger partial charge >= 0.3 is 0 Å². The van der Waals surface area contributed by atoms with Gasteiger partial charge in [0, 0.05) is 31.0 Å². The average molecular weight is 575 g/mol. The van der Waals surface area contributed by atoms with E-state index in [-0.39, 0.29) is 29.8 Å². The summed E-state index contributed by atoms with van der Waals surface area (Å²) in [7, 11) is 0. The van der Waals surface area contributed by atoms with Crippen LogP contribution in [0.25, 0.3) is 0 Å². The molecule has 1 fully saturated rings. The van der Waals surface area contributed by atoms with E-state index >= 15 is 4.39 Å². The number of aromatic nitrogens is 3. The molecule has 0 spiro atoms. The van der Waals surface area contributed by atoms with Crippen LogP contribution in [0.15, 0.2) is 40.3 Å². The zero-order valence-corrected chi connectivity index (χ0v) is 23.1. The molecule has 10 nitrogen and oxygen atoms in total. The number of aliphatic imine (C=N–C) groups is 2. The highest BCUT2D eigenvalue weighted by Gasteiger charge is 2.44. The molecule has 2 aromatic rings. The summed E-state index contributed by atoms with van der Waals surface area (Å²) in [6, 6.07) is 1.66. The first-order valence-corrected chi connectivity index (χ1v) is 13.8. The molecule has 5 N–H and O–H groups in total. The van der Waals surface area contributed by atoms with Crippen LogP contribution in [0.2, 0.25) is 5.02 Å². The fraction of sp³-hybridized carbons (Fsp3) is 0.519. The smallest absolute Gasteiger partial charge is 0.256 e. The third kappa shape index (κ3) is 5.65. The molecule has 2 aliphatic heterocycles. The summed E-state index contributed by atoms with van der Waals surface area (Å²) < 4.78 is 38.5. The number of ether oxygens (including phenoxy) is 1. The van der Waals surface area contributed by atoms with E-state index in [4.69, 9.17) is 27.5 Å². The van der Waals surface area contributed by atoms with Crippen LogP contribution in [0.1, 0.15) is 63.0 Å². The molecule has 13 heteroatoms. The van der Waals surface area contributed by atoms with Gasteiger partial charge in [-0.3, -0.25) is 21.1 Å². The number of aliphatic hydroxyl groups excluding tert-OH is 1. The van der Waals surface area contributed by atoms with E-state index in [1.165, 1.54) is 19.2 Å². The van der Waals surface area contributed by atoms with Gasteiger partial charge in [0.05, 0.1) is 10.7 Å². The first-order valence-electron chi connectivity index (χ1n) is 13.4. The predicted molar refractivity (Wildman–Crippen MR) is 149 cm³/mol. The Balaban J connectivity index is 1.68. The SMILES string of the molecule is CC1CCC(Cn2c(C(C)(F)C3=NCCC=C3F)nc3c2C(c2cncc(Cl)c2)=NC(C(=N)OC(N)O)N3)CC1. The quantitative estimate of drug-likeness (QED) is 0.218. The zero-order chi connectivity index (χ0) is 28.6. The molecular formula is C27H33ClF2N8O2. The van der Waals surface area contributed by atoms with Gasteiger partial charge in [0.2, 0.25) is 11.6 Å². The highest BCUT2D eigenvalue weighted by molar-refractivity contribution is 6.31. The van der Waals surface area contributed by atoms with Gasteiger partial charge in [-0.15, -0.1) is 0 Å². The molecule has 0 bridgehead atoms. The molecule has 0 saturated heterocycles. The molecule has 1 saturated carbocycles. The summed E-state index contributed by atoms with van der Waals surface area (Å²) in [4.78, 5) is 17.7. The van der Waals surface area contributed by atoms with E-state index in [0.717, 1.165) is 25.7 Å². The molecule has 2 aromatic heterocycles. The number of imidazole rings is 1. The van der Waals surface area contributed by atoms with Crippen molar-refractivity contribution in [2.75, 3.05) is 11.9 Å². The average Bonchev–Trinajstić information content (AvgIpc) is 3.28. The van der Waals surface area contributed by atoms with Crippen molar-refractivity contribution in [2.24, 2.45) is 27.6 Å². The van der Waals surface area contributed by atoms with Crippen molar-refractivity contribution in [3.05, 3.63) is 52.5 Å². The number of pyridine rings is 1. The number of hydrogen-bond acceptors (Lipinski definition) is 9. The number of nitrogens with zero attached hydrogens (tertiary/aromatic N) is 5. The maximum Gasteiger partial charge on any atom is 0.256 e. The lowest BCUT2D eigenvalue weighted by atomic mass is 9.83. The summed E-state index contributed by atoms with van der Waals surface area (Å²) in [6.45, 7) is 4.20. The highest BCUT2D eigenvalue weighted by Crippen LogP contribution is 2.39. The maximum absolute atomic E-state index is 16.8. The van der Waals surface area contributed by atoms with Crippen LogP contribution in [0, 0.1) is 17.2 Å². The van der Waals surface area contributed by atoms with Crippen molar-refractivity contribution >= 4 is 34.7 Å². The first kappa shape index (κ1) is 28.3. The van der Waals surface area contributed by atoms with E-state index < -0.39 is 30.0 Å². The van der Waals surface area contributed by atoms with Crippen molar-refractivity contribution in [3.63, 3.8) is 0 Å². The number of allylic oxidation sites excluding steroid dienone is 1. The van der Waals surface area contributed by atoms with Crippen molar-refractivity contribution in [1.82, 2.24) is 14.5 Å². The van der Waals surface area contributed by atoms with Gasteiger partial charge in [0.15, 0.2) is 17.8 Å². The molecule has 214 valence electrons. The minimum Gasteiger partial charge on any atom is -0.435 e. The lowest BCUT2D eigenvalue weighted by Crippen LogP contribution is -2.39. The zero-order valence-electron chi connectivity index (χ0n) is 22.4. The molecule has 0 aromatic carbocycles. The van der Waals surface area contributed by atoms with Crippen LogP contribution in [-0.2, 0) is 17.0 Å². The monoisotopic (exact) mass is 574 g/mol. The van der Waals surface area contributed by atoms with Crippen LogP contribution in [0.4, 0.5) is 14.6 Å². The third-order valence-corrected chi connectivity index (χ3v) is 7.79. The number of hydrogen-bond donors (Lipinski definition) is 4. The number of dihydropyridines is 1. The van der Waals surface area contributed by atoms with Crippen LogP contribution in [0.5, 0.6) is 0 Å². The Morgan fingerprint density at radius 2 is 2.10 bits per heavy atom. The maximum atomic E-state index is 16.8. The molecule has 1 aliphatic carbocycles. The molecule has 3 aliphatic rings. The van der Waals surface area contributed by atoms with Gasteiger partial charge in [-0.1, -0.05) is 31.4 Å². The number of nitrogens with two attached hydrogens (primary N) is 1.